The highest BCUT2D eigenvalue weighted by Gasteiger charge is 2.30. The number of likely N-dealkylation sites (N-methyl/N-ethyl adjacent to an activating group) is 1. The Balaban J connectivity index is 1.12. The molecule has 7 rings (SSSR count). The highest BCUT2D eigenvalue weighted by atomic mass is 15.3. The van der Waals surface area contributed by atoms with Crippen LogP contribution in [0.3, 0.4) is 0 Å². The molecule has 2 fully saturated rings. The largest absolute Gasteiger partial charge is 0.383 e. The molecule has 0 bridgehead atoms. The number of nitrogens with one attached hydrogen (secondary N) is 1. The normalized spacial score (nSPS) is 20.5. The summed E-state index contributed by atoms with van der Waals surface area (Å²) in [6, 6.07) is 15.7. The molecule has 9 heteroatoms. The zero-order valence-corrected chi connectivity index (χ0v) is 23.8. The van der Waals surface area contributed by atoms with Crippen molar-refractivity contribution in [3.05, 3.63) is 66.7 Å². The molecule has 1 aliphatic heterocycles. The molecule has 4 heterocycles. The van der Waals surface area contributed by atoms with Gasteiger partial charge < -0.3 is 20.5 Å². The highest BCUT2D eigenvalue weighted by Crippen LogP contribution is 2.39. The number of aromatic nitrogens is 5. The van der Waals surface area contributed by atoms with E-state index in [9.17, 15) is 0 Å². The molecule has 3 N–H and O–H groups in total. The molecule has 0 amide bonds. The van der Waals surface area contributed by atoms with Crippen molar-refractivity contribution >= 4 is 39.4 Å². The van der Waals surface area contributed by atoms with Gasteiger partial charge in [0.05, 0.1) is 10.9 Å². The van der Waals surface area contributed by atoms with Gasteiger partial charge >= 0.3 is 0 Å². The minimum absolute atomic E-state index is 0.416. The fourth-order valence-electron chi connectivity index (χ4n) is 6.55. The molecule has 0 radical (unpaired) electrons. The second kappa shape index (κ2) is 10.7. The van der Waals surface area contributed by atoms with Crippen LogP contribution in [0.2, 0.25) is 0 Å². The van der Waals surface area contributed by atoms with Gasteiger partial charge in [-0.05, 0) is 69.0 Å². The van der Waals surface area contributed by atoms with Crippen molar-refractivity contribution in [1.82, 2.24) is 34.3 Å². The Hall–Kier alpha value is -4.08. The molecule has 9 nitrogen and oxygen atoms in total. The lowest BCUT2D eigenvalue weighted by Crippen LogP contribution is -2.49. The van der Waals surface area contributed by atoms with E-state index in [1.54, 1.807) is 6.33 Å². The van der Waals surface area contributed by atoms with Crippen LogP contribution in [0.15, 0.2) is 61.2 Å². The van der Waals surface area contributed by atoms with E-state index in [1.165, 1.54) is 44.6 Å². The van der Waals surface area contributed by atoms with E-state index in [-0.39, 0.29) is 0 Å². The summed E-state index contributed by atoms with van der Waals surface area (Å²) >= 11 is 0. The lowest BCUT2D eigenvalue weighted by molar-refractivity contribution is 0.0828. The summed E-state index contributed by atoms with van der Waals surface area (Å²) in [5, 5.41) is 5.31. The Bertz CT molecular complexity index is 1680. The highest BCUT2D eigenvalue weighted by molar-refractivity contribution is 6.00. The third-order valence-electron chi connectivity index (χ3n) is 8.94. The average Bonchev–Trinajstić information content (AvgIpc) is 3.39. The SMILES string of the molecule is Cc1ccc2cnc(Nc3ccc(-c4cn(C5CCC(N6CCN(C)CC6)CC5)c5ncnc(N)c45)cc3)nc2c1. The first kappa shape index (κ1) is 25.9. The second-order valence-electron chi connectivity index (χ2n) is 11.7. The van der Waals surface area contributed by atoms with E-state index >= 15 is 0 Å². The monoisotopic (exact) mass is 547 g/mol. The van der Waals surface area contributed by atoms with Crippen molar-refractivity contribution in [2.45, 2.75) is 44.7 Å². The molecule has 0 atom stereocenters. The van der Waals surface area contributed by atoms with Gasteiger partial charge in [-0.3, -0.25) is 4.90 Å². The third-order valence-corrected chi connectivity index (χ3v) is 8.94. The Morgan fingerprint density at radius 3 is 2.41 bits per heavy atom. The average molecular weight is 548 g/mol. The summed E-state index contributed by atoms with van der Waals surface area (Å²) in [7, 11) is 2.22. The minimum atomic E-state index is 0.416. The standard InChI is InChI=1S/C32H37N9/c1-21-3-4-23-18-34-32(38-28(23)17-21)37-24-7-5-22(6-8-24)27-19-41(31-29(27)30(33)35-20-36-31)26-11-9-25(10-12-26)40-15-13-39(2)14-16-40/h3-8,17-20,25-26H,9-16H2,1-2H3,(H2,33,35,36)(H,34,37,38). The molecule has 41 heavy (non-hydrogen) atoms. The van der Waals surface area contributed by atoms with Gasteiger partial charge in [0.1, 0.15) is 17.8 Å². The van der Waals surface area contributed by atoms with E-state index in [2.05, 4.69) is 86.2 Å². The topological polar surface area (TPSA) is 101 Å². The van der Waals surface area contributed by atoms with Crippen molar-refractivity contribution in [2.24, 2.45) is 0 Å². The predicted molar refractivity (Wildman–Crippen MR) is 165 cm³/mol. The maximum absolute atomic E-state index is 6.45. The predicted octanol–water partition coefficient (Wildman–Crippen LogP) is 5.41. The number of hydrogen-bond donors (Lipinski definition) is 2. The van der Waals surface area contributed by atoms with Gasteiger partial charge in [0, 0.05) is 67.3 Å². The number of nitrogens with two attached hydrogens (primary N) is 1. The molecule has 3 aromatic heterocycles. The maximum Gasteiger partial charge on any atom is 0.227 e. The summed E-state index contributed by atoms with van der Waals surface area (Å²) in [6.45, 7) is 6.78. The molecule has 0 unspecified atom stereocenters. The number of nitrogens with zero attached hydrogens (tertiary/aromatic N) is 7. The van der Waals surface area contributed by atoms with Crippen molar-refractivity contribution in [2.75, 3.05) is 44.3 Å². The van der Waals surface area contributed by atoms with Crippen LogP contribution in [0.25, 0.3) is 33.1 Å². The molecule has 1 saturated heterocycles. The van der Waals surface area contributed by atoms with Crippen molar-refractivity contribution in [3.8, 4) is 11.1 Å². The van der Waals surface area contributed by atoms with Crippen LogP contribution < -0.4 is 11.1 Å². The quantitative estimate of drug-likeness (QED) is 0.301. The summed E-state index contributed by atoms with van der Waals surface area (Å²) in [5.41, 5.74) is 12.6. The van der Waals surface area contributed by atoms with Crippen molar-refractivity contribution < 1.29 is 0 Å². The lowest BCUT2D eigenvalue weighted by Gasteiger charge is -2.41. The number of piperazine rings is 1. The van der Waals surface area contributed by atoms with Crippen LogP contribution >= 0.6 is 0 Å². The fourth-order valence-corrected chi connectivity index (χ4v) is 6.55. The second-order valence-corrected chi connectivity index (χ2v) is 11.7. The van der Waals surface area contributed by atoms with Crippen LogP contribution in [0.4, 0.5) is 17.5 Å². The van der Waals surface area contributed by atoms with E-state index < -0.39 is 0 Å². The molecular formula is C32H37N9. The molecule has 1 saturated carbocycles. The van der Waals surface area contributed by atoms with Gasteiger partial charge in [0.2, 0.25) is 5.95 Å². The molecule has 1 aliphatic carbocycles. The maximum atomic E-state index is 6.45. The van der Waals surface area contributed by atoms with Crippen LogP contribution in [0, 0.1) is 6.92 Å². The molecule has 0 spiro atoms. The minimum Gasteiger partial charge on any atom is -0.383 e. The number of rotatable bonds is 5. The molecule has 2 aromatic carbocycles. The summed E-state index contributed by atoms with van der Waals surface area (Å²) in [6.07, 6.45) is 10.4. The van der Waals surface area contributed by atoms with E-state index in [0.29, 0.717) is 23.8 Å². The molecule has 5 aromatic rings. The Morgan fingerprint density at radius 1 is 0.878 bits per heavy atom. The number of aryl methyl sites for hydroxylation is 1. The molecular weight excluding hydrogens is 510 g/mol. The van der Waals surface area contributed by atoms with E-state index in [4.69, 9.17) is 15.7 Å². The third kappa shape index (κ3) is 5.11. The Labute approximate surface area is 240 Å². The fraction of sp³-hybridized carbons (Fsp3) is 0.375. The van der Waals surface area contributed by atoms with Gasteiger partial charge in [0.15, 0.2) is 0 Å². The van der Waals surface area contributed by atoms with Gasteiger partial charge in [0.25, 0.3) is 0 Å². The summed E-state index contributed by atoms with van der Waals surface area (Å²) in [5.74, 6) is 1.11. The molecule has 210 valence electrons. The lowest BCUT2D eigenvalue weighted by atomic mass is 9.89. The first-order chi connectivity index (χ1) is 20.0. The number of nitrogen functional groups attached to an aromatic ring is 1. The van der Waals surface area contributed by atoms with Gasteiger partial charge in [-0.15, -0.1) is 0 Å². The first-order valence-corrected chi connectivity index (χ1v) is 14.7. The number of anilines is 3. The first-order valence-electron chi connectivity index (χ1n) is 14.7. The summed E-state index contributed by atoms with van der Waals surface area (Å²) < 4.78 is 2.36. The Morgan fingerprint density at radius 2 is 1.63 bits per heavy atom. The van der Waals surface area contributed by atoms with Crippen LogP contribution in [0.1, 0.15) is 37.3 Å². The zero-order chi connectivity index (χ0) is 27.9. The van der Waals surface area contributed by atoms with Gasteiger partial charge in [-0.25, -0.2) is 19.9 Å². The van der Waals surface area contributed by atoms with Crippen LogP contribution in [-0.4, -0.2) is 73.6 Å². The van der Waals surface area contributed by atoms with E-state index in [1.807, 2.05) is 12.3 Å². The van der Waals surface area contributed by atoms with Crippen molar-refractivity contribution in [1.29, 1.82) is 0 Å². The van der Waals surface area contributed by atoms with E-state index in [0.717, 1.165) is 51.6 Å². The number of fused-ring (bicyclic) bond motifs is 2. The Kier molecular flexibility index (Phi) is 6.76. The number of benzene rings is 2. The smallest absolute Gasteiger partial charge is 0.227 e. The van der Waals surface area contributed by atoms with Crippen LogP contribution in [0.5, 0.6) is 0 Å². The van der Waals surface area contributed by atoms with Gasteiger partial charge in [-0.1, -0.05) is 24.3 Å². The zero-order valence-electron chi connectivity index (χ0n) is 23.8. The van der Waals surface area contributed by atoms with Crippen molar-refractivity contribution in [3.63, 3.8) is 0 Å². The summed E-state index contributed by atoms with van der Waals surface area (Å²) in [4.78, 5) is 23.4. The van der Waals surface area contributed by atoms with Gasteiger partial charge in [-0.2, -0.15) is 0 Å². The van der Waals surface area contributed by atoms with Crippen LogP contribution in [-0.2, 0) is 0 Å². The number of hydrogen-bond acceptors (Lipinski definition) is 8. The molecule has 2 aliphatic rings.